The minimum atomic E-state index is -0.570. The standard InChI is InChI=1S/C27H25FN2O5S/c1-33-21-9-3-18(4-10-21)15-16-29-24(17-25(31)35-23-13-11-22(34-2)12-14-23)26(32)30(27(29)36)20-7-5-19(28)6-8-20/h3-14,32H,15-17H2,1-2H3. The Bertz CT molecular complexity index is 1390. The van der Waals surface area contributed by atoms with E-state index in [0.29, 0.717) is 35.8 Å². The van der Waals surface area contributed by atoms with Crippen molar-refractivity contribution in [1.29, 1.82) is 0 Å². The summed E-state index contributed by atoms with van der Waals surface area (Å²) in [5.41, 5.74) is 1.81. The van der Waals surface area contributed by atoms with Gasteiger partial charge in [-0.1, -0.05) is 12.1 Å². The summed E-state index contributed by atoms with van der Waals surface area (Å²) < 4.78 is 32.7. The third-order valence-electron chi connectivity index (χ3n) is 5.69. The van der Waals surface area contributed by atoms with Crippen LogP contribution in [-0.4, -0.2) is 34.4 Å². The van der Waals surface area contributed by atoms with Crippen LogP contribution < -0.4 is 14.2 Å². The van der Waals surface area contributed by atoms with Gasteiger partial charge >= 0.3 is 5.97 Å². The van der Waals surface area contributed by atoms with E-state index in [1.165, 1.54) is 28.8 Å². The Morgan fingerprint density at radius 3 is 2.03 bits per heavy atom. The van der Waals surface area contributed by atoms with Crippen LogP contribution in [0.4, 0.5) is 4.39 Å². The van der Waals surface area contributed by atoms with Crippen LogP contribution in [0.1, 0.15) is 11.3 Å². The number of esters is 1. The van der Waals surface area contributed by atoms with Crippen LogP contribution in [0.2, 0.25) is 0 Å². The van der Waals surface area contributed by atoms with Gasteiger partial charge < -0.3 is 23.9 Å². The Balaban J connectivity index is 1.64. The minimum Gasteiger partial charge on any atom is -0.497 e. The van der Waals surface area contributed by atoms with Crippen molar-refractivity contribution in [1.82, 2.24) is 9.13 Å². The van der Waals surface area contributed by atoms with Gasteiger partial charge in [-0.2, -0.15) is 0 Å². The summed E-state index contributed by atoms with van der Waals surface area (Å²) in [6.07, 6.45) is 0.365. The van der Waals surface area contributed by atoms with E-state index >= 15 is 0 Å². The number of ether oxygens (including phenoxy) is 3. The zero-order chi connectivity index (χ0) is 25.7. The molecule has 1 aromatic heterocycles. The predicted molar refractivity (Wildman–Crippen MR) is 135 cm³/mol. The van der Waals surface area contributed by atoms with Crippen molar-refractivity contribution in [2.24, 2.45) is 0 Å². The number of methoxy groups -OCH3 is 2. The Kier molecular flexibility index (Phi) is 7.70. The van der Waals surface area contributed by atoms with Gasteiger partial charge in [-0.3, -0.25) is 9.36 Å². The average Bonchev–Trinajstić information content (AvgIpc) is 3.12. The highest BCUT2D eigenvalue weighted by Gasteiger charge is 2.22. The molecule has 9 heteroatoms. The lowest BCUT2D eigenvalue weighted by Gasteiger charge is -2.10. The monoisotopic (exact) mass is 508 g/mol. The van der Waals surface area contributed by atoms with Crippen molar-refractivity contribution in [3.8, 4) is 28.8 Å². The smallest absolute Gasteiger partial charge is 0.317 e. The molecule has 0 aliphatic carbocycles. The van der Waals surface area contributed by atoms with E-state index in [4.69, 9.17) is 26.4 Å². The van der Waals surface area contributed by atoms with Crippen LogP contribution >= 0.6 is 12.2 Å². The van der Waals surface area contributed by atoms with E-state index in [1.54, 1.807) is 43.1 Å². The van der Waals surface area contributed by atoms with E-state index in [0.717, 1.165) is 11.3 Å². The van der Waals surface area contributed by atoms with Gasteiger partial charge in [0.15, 0.2) is 4.77 Å². The molecular formula is C27H25FN2O5S. The number of imidazole rings is 1. The van der Waals surface area contributed by atoms with E-state index in [2.05, 4.69) is 0 Å². The number of rotatable bonds is 9. The van der Waals surface area contributed by atoms with Gasteiger partial charge in [0.2, 0.25) is 5.88 Å². The molecule has 0 bridgehead atoms. The highest BCUT2D eigenvalue weighted by molar-refractivity contribution is 7.71. The molecule has 4 aromatic rings. The number of carbonyl (C=O) groups excluding carboxylic acids is 1. The number of aromatic nitrogens is 2. The normalized spacial score (nSPS) is 10.8. The number of halogens is 1. The molecular weight excluding hydrogens is 483 g/mol. The highest BCUT2D eigenvalue weighted by atomic mass is 32.1. The van der Waals surface area contributed by atoms with Gasteiger partial charge in [0.25, 0.3) is 0 Å². The number of benzene rings is 3. The summed E-state index contributed by atoms with van der Waals surface area (Å²) in [6, 6.07) is 19.8. The number of hydrogen-bond acceptors (Lipinski definition) is 6. The van der Waals surface area contributed by atoms with Crippen LogP contribution in [0, 0.1) is 10.6 Å². The molecule has 36 heavy (non-hydrogen) atoms. The Morgan fingerprint density at radius 2 is 1.44 bits per heavy atom. The maximum absolute atomic E-state index is 13.5. The van der Waals surface area contributed by atoms with Crippen molar-refractivity contribution in [2.75, 3.05) is 14.2 Å². The maximum atomic E-state index is 13.5. The molecule has 0 atom stereocenters. The molecule has 1 N–H and O–H groups in total. The summed E-state index contributed by atoms with van der Waals surface area (Å²) in [6.45, 7) is 0.401. The maximum Gasteiger partial charge on any atom is 0.317 e. The van der Waals surface area contributed by atoms with Crippen LogP contribution in [0.15, 0.2) is 72.8 Å². The average molecular weight is 509 g/mol. The van der Waals surface area contributed by atoms with Gasteiger partial charge in [0.05, 0.1) is 32.0 Å². The minimum absolute atomic E-state index is 0.201. The first-order chi connectivity index (χ1) is 17.4. The van der Waals surface area contributed by atoms with Crippen LogP contribution in [0.3, 0.4) is 0 Å². The molecule has 3 aromatic carbocycles. The van der Waals surface area contributed by atoms with Crippen LogP contribution in [-0.2, 0) is 24.2 Å². The third kappa shape index (κ3) is 5.58. The number of nitrogens with zero attached hydrogens (tertiary/aromatic N) is 2. The van der Waals surface area contributed by atoms with Gasteiger partial charge in [-0.15, -0.1) is 0 Å². The lowest BCUT2D eigenvalue weighted by molar-refractivity contribution is -0.133. The number of carbonyl (C=O) groups is 1. The fourth-order valence-electron chi connectivity index (χ4n) is 3.79. The van der Waals surface area contributed by atoms with Gasteiger partial charge in [0, 0.05) is 6.54 Å². The Hall–Kier alpha value is -4.11. The fourth-order valence-corrected chi connectivity index (χ4v) is 4.18. The van der Waals surface area contributed by atoms with Gasteiger partial charge in [-0.25, -0.2) is 4.39 Å². The van der Waals surface area contributed by atoms with Crippen molar-refractivity contribution in [2.45, 2.75) is 19.4 Å². The molecule has 0 saturated carbocycles. The zero-order valence-electron chi connectivity index (χ0n) is 19.8. The van der Waals surface area contributed by atoms with Crippen LogP contribution in [0.5, 0.6) is 23.1 Å². The molecule has 1 heterocycles. The lowest BCUT2D eigenvalue weighted by atomic mass is 10.1. The quantitative estimate of drug-likeness (QED) is 0.189. The Morgan fingerprint density at radius 1 is 0.889 bits per heavy atom. The van der Waals surface area contributed by atoms with Crippen LogP contribution in [0.25, 0.3) is 5.69 Å². The predicted octanol–water partition coefficient (Wildman–Crippen LogP) is 5.26. The second kappa shape index (κ2) is 11.1. The summed E-state index contributed by atoms with van der Waals surface area (Å²) >= 11 is 5.67. The molecule has 186 valence electrons. The molecule has 0 radical (unpaired) electrons. The summed E-state index contributed by atoms with van der Waals surface area (Å²) in [5, 5.41) is 11.1. The van der Waals surface area contributed by atoms with Crippen molar-refractivity contribution in [3.05, 3.63) is 94.6 Å². The molecule has 0 fully saturated rings. The first-order valence-electron chi connectivity index (χ1n) is 11.2. The van der Waals surface area contributed by atoms with Crippen molar-refractivity contribution >= 4 is 18.2 Å². The number of hydrogen-bond donors (Lipinski definition) is 1. The molecule has 0 amide bonds. The fraction of sp³-hybridized carbons (Fsp3) is 0.185. The molecule has 0 unspecified atom stereocenters. The third-order valence-corrected chi connectivity index (χ3v) is 6.09. The van der Waals surface area contributed by atoms with Crippen molar-refractivity contribution < 1.29 is 28.5 Å². The van der Waals surface area contributed by atoms with Gasteiger partial charge in [0.1, 0.15) is 23.1 Å². The lowest BCUT2D eigenvalue weighted by Crippen LogP contribution is -2.15. The summed E-state index contributed by atoms with van der Waals surface area (Å²) in [4.78, 5) is 12.8. The van der Waals surface area contributed by atoms with E-state index in [-0.39, 0.29) is 17.1 Å². The largest absolute Gasteiger partial charge is 0.497 e. The zero-order valence-corrected chi connectivity index (χ0v) is 20.6. The van der Waals surface area contributed by atoms with E-state index < -0.39 is 11.8 Å². The highest BCUT2D eigenvalue weighted by Crippen LogP contribution is 2.28. The van der Waals surface area contributed by atoms with E-state index in [1.807, 2.05) is 24.3 Å². The second-order valence-electron chi connectivity index (χ2n) is 7.94. The molecule has 4 rings (SSSR count). The van der Waals surface area contributed by atoms with Crippen molar-refractivity contribution in [3.63, 3.8) is 0 Å². The first-order valence-corrected chi connectivity index (χ1v) is 11.6. The number of aromatic hydroxyl groups is 1. The molecule has 0 spiro atoms. The summed E-state index contributed by atoms with van der Waals surface area (Å²) in [7, 11) is 3.15. The molecule has 0 saturated heterocycles. The van der Waals surface area contributed by atoms with E-state index in [9.17, 15) is 14.3 Å². The summed E-state index contributed by atoms with van der Waals surface area (Å²) in [5.74, 6) is 0.551. The molecule has 7 nitrogen and oxygen atoms in total. The number of aryl methyl sites for hydroxylation is 1. The first kappa shape index (κ1) is 25.0. The second-order valence-corrected chi connectivity index (χ2v) is 8.31. The Labute approximate surface area is 212 Å². The molecule has 0 aliphatic rings. The SMILES string of the molecule is COc1ccc(CCn2c(CC(=O)Oc3ccc(OC)cc3)c(O)n(-c3ccc(F)cc3)c2=S)cc1. The molecule has 0 aliphatic heterocycles. The topological polar surface area (TPSA) is 74.8 Å². The van der Waals surface area contributed by atoms with Gasteiger partial charge in [-0.05, 0) is 84.9 Å².